The van der Waals surface area contributed by atoms with Crippen LogP contribution in [-0.4, -0.2) is 22.2 Å². The summed E-state index contributed by atoms with van der Waals surface area (Å²) in [5.74, 6) is -2.19. The number of rotatable bonds is 7. The Morgan fingerprint density at radius 2 is 1.17 bits per heavy atom. The van der Waals surface area contributed by atoms with Gasteiger partial charge >= 0.3 is 11.9 Å². The number of hydrogen-bond donors (Lipinski definition) is 2. The summed E-state index contributed by atoms with van der Waals surface area (Å²) in [6.45, 7) is 7.40. The molecular weight excluding hydrogens is 304 g/mol. The Morgan fingerprint density at radius 1 is 0.792 bits per heavy atom. The molecule has 2 N–H and O–H groups in total. The van der Waals surface area contributed by atoms with Gasteiger partial charge in [0.1, 0.15) is 0 Å². The molecule has 0 aliphatic rings. The molecule has 2 rings (SSSR count). The van der Waals surface area contributed by atoms with Crippen LogP contribution in [0.1, 0.15) is 31.8 Å². The van der Waals surface area contributed by atoms with Crippen LogP contribution in [-0.2, 0) is 12.8 Å². The number of allylic oxidation sites excluding steroid dienone is 2. The summed E-state index contributed by atoms with van der Waals surface area (Å²) >= 11 is 0. The van der Waals surface area contributed by atoms with Gasteiger partial charge in [0.15, 0.2) is 0 Å². The summed E-state index contributed by atoms with van der Waals surface area (Å²) in [6.07, 6.45) is 4.22. The molecule has 24 heavy (non-hydrogen) atoms. The van der Waals surface area contributed by atoms with Gasteiger partial charge in [-0.15, -0.1) is 13.2 Å². The first-order chi connectivity index (χ1) is 11.5. The Bertz CT molecular complexity index is 749. The van der Waals surface area contributed by atoms with Crippen molar-refractivity contribution in [3.05, 3.63) is 84.0 Å². The van der Waals surface area contributed by atoms with E-state index in [1.54, 1.807) is 36.4 Å². The fourth-order valence-electron chi connectivity index (χ4n) is 2.80. The minimum absolute atomic E-state index is 0.0772. The van der Waals surface area contributed by atoms with Gasteiger partial charge < -0.3 is 10.2 Å². The Morgan fingerprint density at radius 3 is 1.46 bits per heavy atom. The summed E-state index contributed by atoms with van der Waals surface area (Å²) in [6, 6.07) is 9.87. The van der Waals surface area contributed by atoms with E-state index in [2.05, 4.69) is 13.2 Å². The van der Waals surface area contributed by atoms with Crippen molar-refractivity contribution < 1.29 is 19.8 Å². The van der Waals surface area contributed by atoms with Crippen LogP contribution in [0.25, 0.3) is 11.1 Å². The van der Waals surface area contributed by atoms with Crippen LogP contribution < -0.4 is 0 Å². The second-order valence-electron chi connectivity index (χ2n) is 5.28. The summed E-state index contributed by atoms with van der Waals surface area (Å²) in [7, 11) is 0. The topological polar surface area (TPSA) is 74.6 Å². The standard InChI is InChI=1S/C20H18O4/c1-3-7-13-9-5-11-15(19(21)22)17(13)18-14(8-4-2)10-6-12-16(18)20(23)24/h3-6,9-12H,1-2,7-8H2,(H,21,22)(H,23,24). The van der Waals surface area contributed by atoms with Crippen molar-refractivity contribution in [2.75, 3.05) is 0 Å². The smallest absolute Gasteiger partial charge is 0.336 e. The molecule has 0 fully saturated rings. The van der Waals surface area contributed by atoms with Crippen molar-refractivity contribution in [2.24, 2.45) is 0 Å². The second kappa shape index (κ2) is 7.42. The van der Waals surface area contributed by atoms with Crippen molar-refractivity contribution >= 4 is 11.9 Å². The van der Waals surface area contributed by atoms with Gasteiger partial charge in [-0.2, -0.15) is 0 Å². The molecule has 0 amide bonds. The summed E-state index contributed by atoms with van der Waals surface area (Å²) in [4.78, 5) is 23.4. The van der Waals surface area contributed by atoms with Crippen molar-refractivity contribution in [1.29, 1.82) is 0 Å². The second-order valence-corrected chi connectivity index (χ2v) is 5.28. The van der Waals surface area contributed by atoms with Gasteiger partial charge in [0, 0.05) is 11.1 Å². The highest BCUT2D eigenvalue weighted by molar-refractivity contribution is 6.03. The van der Waals surface area contributed by atoms with Gasteiger partial charge in [-0.25, -0.2) is 9.59 Å². The molecule has 4 heteroatoms. The molecule has 0 aliphatic heterocycles. The molecule has 0 spiro atoms. The zero-order chi connectivity index (χ0) is 17.7. The minimum atomic E-state index is -1.10. The monoisotopic (exact) mass is 322 g/mol. The maximum Gasteiger partial charge on any atom is 0.336 e. The lowest BCUT2D eigenvalue weighted by Crippen LogP contribution is -2.09. The predicted octanol–water partition coefficient (Wildman–Crippen LogP) is 4.21. The predicted molar refractivity (Wildman–Crippen MR) is 93.6 cm³/mol. The van der Waals surface area contributed by atoms with Crippen LogP contribution in [0, 0.1) is 0 Å². The average molecular weight is 322 g/mol. The van der Waals surface area contributed by atoms with E-state index in [0.717, 1.165) is 11.1 Å². The third-order valence-corrected chi connectivity index (χ3v) is 3.74. The number of carboxylic acids is 2. The van der Waals surface area contributed by atoms with Gasteiger partial charge in [-0.05, 0) is 36.1 Å². The average Bonchev–Trinajstić information content (AvgIpc) is 2.55. The number of benzene rings is 2. The zero-order valence-electron chi connectivity index (χ0n) is 13.2. The quantitative estimate of drug-likeness (QED) is 0.749. The summed E-state index contributed by atoms with van der Waals surface area (Å²) in [5.41, 5.74) is 2.47. The molecule has 2 aromatic carbocycles. The van der Waals surface area contributed by atoms with Gasteiger partial charge in [-0.3, -0.25) is 0 Å². The number of aromatic carboxylic acids is 2. The molecule has 0 saturated heterocycles. The molecule has 0 unspecified atom stereocenters. The molecule has 122 valence electrons. The van der Waals surface area contributed by atoms with E-state index in [1.807, 2.05) is 0 Å². The first-order valence-corrected chi connectivity index (χ1v) is 7.43. The van der Waals surface area contributed by atoms with Gasteiger partial charge in [0.2, 0.25) is 0 Å². The first-order valence-electron chi connectivity index (χ1n) is 7.43. The molecule has 0 saturated carbocycles. The molecule has 0 atom stereocenters. The van der Waals surface area contributed by atoms with E-state index in [0.29, 0.717) is 24.0 Å². The summed E-state index contributed by atoms with van der Waals surface area (Å²) < 4.78 is 0. The van der Waals surface area contributed by atoms with Gasteiger partial charge in [-0.1, -0.05) is 36.4 Å². The number of carboxylic acid groups (broad SMARTS) is 2. The molecule has 0 radical (unpaired) electrons. The molecule has 0 aliphatic carbocycles. The summed E-state index contributed by atoms with van der Waals surface area (Å²) in [5, 5.41) is 19.2. The van der Waals surface area contributed by atoms with Gasteiger partial charge in [0.05, 0.1) is 11.1 Å². The van der Waals surface area contributed by atoms with E-state index in [9.17, 15) is 19.8 Å². The van der Waals surface area contributed by atoms with Crippen molar-refractivity contribution in [1.82, 2.24) is 0 Å². The van der Waals surface area contributed by atoms with Crippen molar-refractivity contribution in [3.8, 4) is 11.1 Å². The molecule has 4 nitrogen and oxygen atoms in total. The maximum atomic E-state index is 11.7. The van der Waals surface area contributed by atoms with E-state index in [4.69, 9.17) is 0 Å². The zero-order valence-corrected chi connectivity index (χ0v) is 13.2. The third kappa shape index (κ3) is 3.27. The highest BCUT2D eigenvalue weighted by Crippen LogP contribution is 2.35. The van der Waals surface area contributed by atoms with E-state index >= 15 is 0 Å². The lowest BCUT2D eigenvalue weighted by molar-refractivity contribution is 0.0684. The molecule has 0 bridgehead atoms. The first kappa shape index (κ1) is 17.2. The van der Waals surface area contributed by atoms with E-state index in [1.165, 1.54) is 12.1 Å². The fourth-order valence-corrected chi connectivity index (χ4v) is 2.80. The Kier molecular flexibility index (Phi) is 5.32. The minimum Gasteiger partial charge on any atom is -0.478 e. The normalized spacial score (nSPS) is 10.2. The Hall–Kier alpha value is -3.14. The van der Waals surface area contributed by atoms with Gasteiger partial charge in [0.25, 0.3) is 0 Å². The molecule has 0 heterocycles. The van der Waals surface area contributed by atoms with Crippen LogP contribution in [0.4, 0.5) is 0 Å². The van der Waals surface area contributed by atoms with Crippen LogP contribution in [0.5, 0.6) is 0 Å². The van der Waals surface area contributed by atoms with Crippen molar-refractivity contribution in [3.63, 3.8) is 0 Å². The highest BCUT2D eigenvalue weighted by Gasteiger charge is 2.22. The van der Waals surface area contributed by atoms with Crippen LogP contribution >= 0.6 is 0 Å². The Labute approximate surface area is 140 Å². The van der Waals surface area contributed by atoms with E-state index < -0.39 is 11.9 Å². The van der Waals surface area contributed by atoms with Crippen LogP contribution in [0.15, 0.2) is 61.7 Å². The SMILES string of the molecule is C=CCc1cccc(C(=O)O)c1-c1c(CC=C)cccc1C(=O)O. The van der Waals surface area contributed by atoms with Crippen molar-refractivity contribution in [2.45, 2.75) is 12.8 Å². The highest BCUT2D eigenvalue weighted by atomic mass is 16.4. The molecular formula is C20H18O4. The Balaban J connectivity index is 2.93. The molecule has 0 aromatic heterocycles. The van der Waals surface area contributed by atoms with E-state index in [-0.39, 0.29) is 11.1 Å². The van der Waals surface area contributed by atoms with Crippen LogP contribution in [0.2, 0.25) is 0 Å². The third-order valence-electron chi connectivity index (χ3n) is 3.74. The molecule has 2 aromatic rings. The lowest BCUT2D eigenvalue weighted by atomic mass is 9.86. The number of carbonyl (C=O) groups is 2. The lowest BCUT2D eigenvalue weighted by Gasteiger charge is -2.17. The number of hydrogen-bond acceptors (Lipinski definition) is 2. The van der Waals surface area contributed by atoms with Crippen LogP contribution in [0.3, 0.4) is 0 Å². The largest absolute Gasteiger partial charge is 0.478 e. The maximum absolute atomic E-state index is 11.7. The fraction of sp³-hybridized carbons (Fsp3) is 0.100.